The van der Waals surface area contributed by atoms with Gasteiger partial charge in [0.2, 0.25) is 5.95 Å². The highest BCUT2D eigenvalue weighted by molar-refractivity contribution is 7.25. The number of benzene rings is 9. The van der Waals surface area contributed by atoms with Gasteiger partial charge in [-0.15, -0.1) is 11.3 Å². The molecule has 3 nitrogen and oxygen atoms in total. The van der Waals surface area contributed by atoms with Gasteiger partial charge >= 0.3 is 0 Å². The Hall–Kier alpha value is -6.88. The van der Waals surface area contributed by atoms with Gasteiger partial charge < -0.3 is 0 Å². The van der Waals surface area contributed by atoms with Crippen LogP contribution in [0.25, 0.3) is 114 Å². The van der Waals surface area contributed by atoms with Gasteiger partial charge in [-0.3, -0.25) is 4.57 Å². The lowest BCUT2D eigenvalue weighted by atomic mass is 9.98. The van der Waals surface area contributed by atoms with Crippen LogP contribution in [0.1, 0.15) is 0 Å². The molecule has 3 heterocycles. The molecule has 0 unspecified atom stereocenters. The smallest absolute Gasteiger partial charge is 0.235 e. The predicted octanol–water partition coefficient (Wildman–Crippen LogP) is 13.9. The van der Waals surface area contributed by atoms with Gasteiger partial charge in [0.25, 0.3) is 0 Å². The first-order valence-corrected chi connectivity index (χ1v) is 19.1. The lowest BCUT2D eigenvalue weighted by Crippen LogP contribution is -2.03. The number of rotatable bonds is 3. The van der Waals surface area contributed by atoms with Crippen LogP contribution >= 0.6 is 11.3 Å². The molecule has 3 aromatic heterocycles. The Balaban J connectivity index is 1.10. The molecule has 12 aromatic rings. The van der Waals surface area contributed by atoms with E-state index < -0.39 is 0 Å². The molecule has 0 saturated carbocycles. The molecular weight excluding hydrogens is 675 g/mol. The normalized spacial score (nSPS) is 12.1. The van der Waals surface area contributed by atoms with E-state index in [4.69, 9.17) is 9.97 Å². The van der Waals surface area contributed by atoms with E-state index in [-0.39, 0.29) is 0 Å². The maximum atomic E-state index is 5.47. The van der Waals surface area contributed by atoms with Gasteiger partial charge in [-0.2, -0.15) is 0 Å². The second kappa shape index (κ2) is 11.3. The van der Waals surface area contributed by atoms with Gasteiger partial charge in [0, 0.05) is 41.9 Å². The third-order valence-electron chi connectivity index (χ3n) is 11.1. The molecule has 0 aliphatic rings. The number of para-hydroxylation sites is 1. The van der Waals surface area contributed by atoms with Crippen LogP contribution in [0.5, 0.6) is 0 Å². The fraction of sp³-hybridized carbons (Fsp3) is 0. The molecule has 54 heavy (non-hydrogen) atoms. The monoisotopic (exact) mass is 703 g/mol. The third-order valence-corrected chi connectivity index (χ3v) is 12.3. The van der Waals surface area contributed by atoms with Crippen molar-refractivity contribution >= 4 is 96.5 Å². The summed E-state index contributed by atoms with van der Waals surface area (Å²) >= 11 is 1.85. The highest BCUT2D eigenvalue weighted by atomic mass is 32.1. The van der Waals surface area contributed by atoms with Gasteiger partial charge in [0.15, 0.2) is 0 Å². The Bertz CT molecular complexity index is 3520. The van der Waals surface area contributed by atoms with E-state index in [0.717, 1.165) is 33.2 Å². The minimum Gasteiger partial charge on any atom is -0.278 e. The quantitative estimate of drug-likeness (QED) is 0.183. The summed E-state index contributed by atoms with van der Waals surface area (Å²) in [5.41, 5.74) is 7.50. The van der Waals surface area contributed by atoms with Crippen LogP contribution in [0, 0.1) is 0 Å². The highest BCUT2D eigenvalue weighted by Gasteiger charge is 2.20. The van der Waals surface area contributed by atoms with Crippen molar-refractivity contribution in [2.45, 2.75) is 0 Å². The zero-order chi connectivity index (χ0) is 35.3. The SMILES string of the molecule is c1ccc2cc(-c3ccc4c(c3)c3c5ccccc5ccc3n4-c3nc(-c4ccc5c(c4)sc4cc6ccccc6cc45)c4ccccc4n3)ccc2c1. The maximum Gasteiger partial charge on any atom is 0.235 e. The number of aromatic nitrogens is 3. The van der Waals surface area contributed by atoms with Crippen LogP contribution in [-0.2, 0) is 0 Å². The third kappa shape index (κ3) is 4.41. The first kappa shape index (κ1) is 29.7. The predicted molar refractivity (Wildman–Crippen MR) is 230 cm³/mol. The lowest BCUT2D eigenvalue weighted by Gasteiger charge is -2.12. The molecule has 0 N–H and O–H groups in total. The van der Waals surface area contributed by atoms with Crippen molar-refractivity contribution in [1.82, 2.24) is 14.5 Å². The zero-order valence-corrected chi connectivity index (χ0v) is 29.8. The Morgan fingerprint density at radius 1 is 0.370 bits per heavy atom. The van der Waals surface area contributed by atoms with E-state index in [0.29, 0.717) is 5.95 Å². The topological polar surface area (TPSA) is 30.7 Å². The number of fused-ring (bicyclic) bond motifs is 11. The minimum absolute atomic E-state index is 0.667. The molecule has 0 spiro atoms. The molecule has 0 fully saturated rings. The standard InChI is InChI=1S/C50H29N3S/c1-2-11-32-25-35(18-17-30(32)9-1)36-21-23-44-42(27-36)48-38-14-6-5-10-31(38)20-24-45(48)53(44)50-51-43-16-8-7-15-40(43)49(52-50)37-19-22-39-41-26-33-12-3-4-13-34(33)28-47(41)54-46(39)29-37/h1-29H. The van der Waals surface area contributed by atoms with Gasteiger partial charge in [-0.25, -0.2) is 9.97 Å². The van der Waals surface area contributed by atoms with E-state index in [1.54, 1.807) is 0 Å². The van der Waals surface area contributed by atoms with E-state index in [2.05, 4.69) is 180 Å². The summed E-state index contributed by atoms with van der Waals surface area (Å²) in [7, 11) is 0. The van der Waals surface area contributed by atoms with Crippen molar-refractivity contribution < 1.29 is 0 Å². The van der Waals surface area contributed by atoms with Crippen molar-refractivity contribution in [3.63, 3.8) is 0 Å². The van der Waals surface area contributed by atoms with Crippen molar-refractivity contribution in [2.75, 3.05) is 0 Å². The van der Waals surface area contributed by atoms with Crippen LogP contribution in [-0.4, -0.2) is 14.5 Å². The molecule has 0 saturated heterocycles. The van der Waals surface area contributed by atoms with E-state index in [1.807, 2.05) is 11.3 Å². The molecule has 0 amide bonds. The molecule has 0 aliphatic heterocycles. The summed E-state index contributed by atoms with van der Waals surface area (Å²) in [5, 5.41) is 13.5. The minimum atomic E-state index is 0.667. The Morgan fingerprint density at radius 2 is 1.00 bits per heavy atom. The second-order valence-electron chi connectivity index (χ2n) is 14.2. The molecule has 0 radical (unpaired) electrons. The van der Waals surface area contributed by atoms with Gasteiger partial charge in [-0.1, -0.05) is 127 Å². The Morgan fingerprint density at radius 3 is 1.87 bits per heavy atom. The first-order valence-electron chi connectivity index (χ1n) is 18.3. The number of hydrogen-bond donors (Lipinski definition) is 0. The van der Waals surface area contributed by atoms with Crippen LogP contribution in [0.3, 0.4) is 0 Å². The lowest BCUT2D eigenvalue weighted by molar-refractivity contribution is 1.01. The fourth-order valence-corrected chi connectivity index (χ4v) is 9.72. The number of nitrogens with zero attached hydrogens (tertiary/aromatic N) is 3. The summed E-state index contributed by atoms with van der Waals surface area (Å²) in [6, 6.07) is 63.8. The largest absolute Gasteiger partial charge is 0.278 e. The van der Waals surface area contributed by atoms with Crippen LogP contribution in [0.2, 0.25) is 0 Å². The summed E-state index contributed by atoms with van der Waals surface area (Å²) in [4.78, 5) is 10.8. The summed E-state index contributed by atoms with van der Waals surface area (Å²) in [6.45, 7) is 0. The van der Waals surface area contributed by atoms with Crippen molar-refractivity contribution in [3.05, 3.63) is 176 Å². The second-order valence-corrected chi connectivity index (χ2v) is 15.3. The van der Waals surface area contributed by atoms with E-state index in [9.17, 15) is 0 Å². The first-order chi connectivity index (χ1) is 26.7. The fourth-order valence-electron chi connectivity index (χ4n) is 8.55. The summed E-state index contributed by atoms with van der Waals surface area (Å²) in [6.07, 6.45) is 0. The van der Waals surface area contributed by atoms with Crippen LogP contribution < -0.4 is 0 Å². The Labute approximate surface area is 314 Å². The average molecular weight is 704 g/mol. The number of thiophene rings is 1. The van der Waals surface area contributed by atoms with E-state index in [1.165, 1.54) is 74.4 Å². The van der Waals surface area contributed by atoms with Crippen LogP contribution in [0.15, 0.2) is 176 Å². The average Bonchev–Trinajstić information content (AvgIpc) is 3.76. The summed E-state index contributed by atoms with van der Waals surface area (Å²) < 4.78 is 4.82. The maximum absolute atomic E-state index is 5.47. The van der Waals surface area contributed by atoms with Crippen molar-refractivity contribution in [3.8, 4) is 28.3 Å². The van der Waals surface area contributed by atoms with Crippen molar-refractivity contribution in [2.24, 2.45) is 0 Å². The molecule has 0 aliphatic carbocycles. The molecular formula is C50H29N3S. The van der Waals surface area contributed by atoms with Crippen molar-refractivity contribution in [1.29, 1.82) is 0 Å². The van der Waals surface area contributed by atoms with Crippen LogP contribution in [0.4, 0.5) is 0 Å². The molecule has 0 atom stereocenters. The van der Waals surface area contributed by atoms with Gasteiger partial charge in [-0.05, 0) is 92.0 Å². The number of hydrogen-bond acceptors (Lipinski definition) is 3. The Kier molecular flexibility index (Phi) is 6.21. The zero-order valence-electron chi connectivity index (χ0n) is 29.0. The van der Waals surface area contributed by atoms with E-state index >= 15 is 0 Å². The van der Waals surface area contributed by atoms with Gasteiger partial charge in [0.05, 0.1) is 22.2 Å². The van der Waals surface area contributed by atoms with Gasteiger partial charge in [0.1, 0.15) is 0 Å². The molecule has 9 aromatic carbocycles. The summed E-state index contributed by atoms with van der Waals surface area (Å²) in [5.74, 6) is 0.667. The molecule has 12 rings (SSSR count). The molecule has 4 heteroatoms. The highest BCUT2D eigenvalue weighted by Crippen LogP contribution is 2.42. The molecule has 250 valence electrons. The molecule has 0 bridgehead atoms.